The van der Waals surface area contributed by atoms with Gasteiger partial charge in [-0.05, 0) is 36.4 Å². The summed E-state index contributed by atoms with van der Waals surface area (Å²) in [6.07, 6.45) is 1.89. The van der Waals surface area contributed by atoms with Crippen molar-refractivity contribution in [2.45, 2.75) is 25.9 Å². The Labute approximate surface area is 182 Å². The number of carbonyl (C=O) groups is 1. The molecule has 2 atom stereocenters. The lowest BCUT2D eigenvalue weighted by Gasteiger charge is -2.36. The number of rotatable bonds is 3. The van der Waals surface area contributed by atoms with Crippen LogP contribution in [0.3, 0.4) is 0 Å². The number of amides is 1. The van der Waals surface area contributed by atoms with Crippen LogP contribution in [0.5, 0.6) is 0 Å². The molecular weight excluding hydrogens is 408 g/mol. The van der Waals surface area contributed by atoms with Crippen LogP contribution in [0.25, 0.3) is 17.0 Å². The normalized spacial score (nSPS) is 19.4. The van der Waals surface area contributed by atoms with Gasteiger partial charge in [-0.2, -0.15) is 9.97 Å². The molecule has 0 fully saturated rings. The number of anilines is 2. The van der Waals surface area contributed by atoms with Crippen LogP contribution in [0.15, 0.2) is 63.7 Å². The zero-order chi connectivity index (χ0) is 21.8. The van der Waals surface area contributed by atoms with Gasteiger partial charge in [-0.25, -0.2) is 0 Å². The molecule has 4 aromatic rings. The fourth-order valence-corrected chi connectivity index (χ4v) is 4.32. The van der Waals surface area contributed by atoms with Gasteiger partial charge in [-0.15, -0.1) is 0 Å². The van der Waals surface area contributed by atoms with Gasteiger partial charge >= 0.3 is 0 Å². The highest BCUT2D eigenvalue weighted by Crippen LogP contribution is 2.45. The van der Waals surface area contributed by atoms with Crippen molar-refractivity contribution in [3.8, 4) is 11.4 Å². The first-order valence-corrected chi connectivity index (χ1v) is 10.2. The summed E-state index contributed by atoms with van der Waals surface area (Å²) in [5.74, 6) is 1.51. The van der Waals surface area contributed by atoms with Gasteiger partial charge in [0.2, 0.25) is 23.4 Å². The van der Waals surface area contributed by atoms with E-state index in [0.717, 1.165) is 22.5 Å². The van der Waals surface area contributed by atoms with Crippen molar-refractivity contribution >= 4 is 22.9 Å². The van der Waals surface area contributed by atoms with E-state index in [-0.39, 0.29) is 23.8 Å². The molecule has 0 radical (unpaired) electrons. The minimum absolute atomic E-state index is 0.126. The highest BCUT2D eigenvalue weighted by molar-refractivity contribution is 6.27. The number of benzene rings is 2. The van der Waals surface area contributed by atoms with Crippen molar-refractivity contribution in [3.63, 3.8) is 0 Å². The minimum Gasteiger partial charge on any atom is -0.376 e. The largest absolute Gasteiger partial charge is 0.376 e. The number of nitrogens with zero attached hydrogens (tertiary/aromatic N) is 5. The highest BCUT2D eigenvalue weighted by Gasteiger charge is 2.44. The summed E-state index contributed by atoms with van der Waals surface area (Å²) in [5.41, 5.74) is 4.02. The van der Waals surface area contributed by atoms with Gasteiger partial charge in [0.15, 0.2) is 0 Å². The molecule has 4 heterocycles. The van der Waals surface area contributed by atoms with E-state index in [4.69, 9.17) is 9.05 Å². The van der Waals surface area contributed by atoms with Crippen LogP contribution in [-0.2, 0) is 4.79 Å². The van der Waals surface area contributed by atoms with E-state index in [0.29, 0.717) is 23.2 Å². The van der Waals surface area contributed by atoms with Gasteiger partial charge in [-0.1, -0.05) is 28.5 Å². The first-order valence-electron chi connectivity index (χ1n) is 10.2. The predicted octanol–water partition coefficient (Wildman–Crippen LogP) is 3.70. The third-order valence-electron chi connectivity index (χ3n) is 5.72. The molecule has 2 unspecified atom stereocenters. The second-order valence-electron chi connectivity index (χ2n) is 7.78. The fourth-order valence-electron chi connectivity index (χ4n) is 4.32. The lowest BCUT2D eigenvalue weighted by atomic mass is 9.93. The van der Waals surface area contributed by atoms with E-state index in [1.54, 1.807) is 18.7 Å². The van der Waals surface area contributed by atoms with Crippen LogP contribution in [0.4, 0.5) is 11.4 Å². The summed E-state index contributed by atoms with van der Waals surface area (Å²) in [5, 5.41) is 11.5. The second kappa shape index (κ2) is 6.88. The first kappa shape index (κ1) is 18.5. The van der Waals surface area contributed by atoms with Crippen LogP contribution >= 0.6 is 0 Å². The molecule has 158 valence electrons. The van der Waals surface area contributed by atoms with E-state index < -0.39 is 0 Å². The van der Waals surface area contributed by atoms with Crippen molar-refractivity contribution < 1.29 is 13.8 Å². The van der Waals surface area contributed by atoms with E-state index in [1.165, 1.54) is 0 Å². The van der Waals surface area contributed by atoms with Gasteiger partial charge in [0.05, 0.1) is 17.7 Å². The molecule has 1 amide bonds. The van der Waals surface area contributed by atoms with E-state index in [9.17, 15) is 4.79 Å². The SMILES string of the molecule is Cc1nc(C2=CC3Nc4ccccc4C3N(c3ccc(-c4noc(C)n4)cc3)C2=O)no1. The Balaban J connectivity index is 1.45. The first-order chi connectivity index (χ1) is 15.6. The molecule has 6 rings (SSSR count). The maximum atomic E-state index is 13.7. The number of hydrogen-bond donors (Lipinski definition) is 1. The lowest BCUT2D eigenvalue weighted by molar-refractivity contribution is -0.114. The maximum Gasteiger partial charge on any atom is 0.262 e. The Bertz CT molecular complexity index is 1370. The van der Waals surface area contributed by atoms with Crippen molar-refractivity contribution in [2.75, 3.05) is 10.2 Å². The zero-order valence-corrected chi connectivity index (χ0v) is 17.3. The van der Waals surface area contributed by atoms with Gasteiger partial charge in [-0.3, -0.25) is 9.69 Å². The Morgan fingerprint density at radius 2 is 1.59 bits per heavy atom. The third kappa shape index (κ3) is 2.82. The number of aromatic nitrogens is 4. The molecule has 0 spiro atoms. The standard InChI is InChI=1S/C23H18N6O3/c1-12-24-21(27-31-12)14-7-9-15(10-8-14)29-20-16-5-3-4-6-18(16)26-19(20)11-17(23(29)30)22-25-13(2)32-28-22/h3-11,19-20,26H,1-2H3. The average Bonchev–Trinajstić information content (AvgIpc) is 3.52. The molecule has 2 aromatic heterocycles. The number of carbonyl (C=O) groups excluding carboxylic acids is 1. The summed E-state index contributed by atoms with van der Waals surface area (Å²) in [7, 11) is 0. The van der Waals surface area contributed by atoms with E-state index >= 15 is 0 Å². The van der Waals surface area contributed by atoms with Gasteiger partial charge < -0.3 is 14.4 Å². The Morgan fingerprint density at radius 3 is 2.28 bits per heavy atom. The Morgan fingerprint density at radius 1 is 0.906 bits per heavy atom. The summed E-state index contributed by atoms with van der Waals surface area (Å²) in [4.78, 5) is 24.1. The molecule has 2 aliphatic rings. The predicted molar refractivity (Wildman–Crippen MR) is 116 cm³/mol. The van der Waals surface area contributed by atoms with Crippen LogP contribution < -0.4 is 10.2 Å². The smallest absolute Gasteiger partial charge is 0.262 e. The van der Waals surface area contributed by atoms with Gasteiger partial charge in [0.1, 0.15) is 0 Å². The number of hydrogen-bond acceptors (Lipinski definition) is 8. The van der Waals surface area contributed by atoms with Crippen LogP contribution in [-0.4, -0.2) is 32.2 Å². The molecule has 0 saturated carbocycles. The molecule has 9 heteroatoms. The third-order valence-corrected chi connectivity index (χ3v) is 5.72. The summed E-state index contributed by atoms with van der Waals surface area (Å²) in [6, 6.07) is 15.2. The minimum atomic E-state index is -0.200. The molecule has 9 nitrogen and oxygen atoms in total. The highest BCUT2D eigenvalue weighted by atomic mass is 16.5. The molecule has 0 saturated heterocycles. The number of fused-ring (bicyclic) bond motifs is 3. The number of nitrogens with one attached hydrogen (secondary N) is 1. The molecular formula is C23H18N6O3. The van der Waals surface area contributed by atoms with Crippen LogP contribution in [0.1, 0.15) is 29.2 Å². The van der Waals surface area contributed by atoms with Crippen molar-refractivity contribution in [3.05, 3.63) is 77.8 Å². The number of para-hydroxylation sites is 1. The van der Waals surface area contributed by atoms with Crippen LogP contribution in [0.2, 0.25) is 0 Å². The van der Waals surface area contributed by atoms with Crippen molar-refractivity contribution in [1.82, 2.24) is 20.3 Å². The molecule has 0 bridgehead atoms. The van der Waals surface area contributed by atoms with Crippen LogP contribution in [0, 0.1) is 13.8 Å². The summed E-state index contributed by atoms with van der Waals surface area (Å²) < 4.78 is 10.2. The topological polar surface area (TPSA) is 110 Å². The quantitative estimate of drug-likeness (QED) is 0.528. The monoisotopic (exact) mass is 426 g/mol. The maximum absolute atomic E-state index is 13.7. The van der Waals surface area contributed by atoms with E-state index in [1.807, 2.05) is 54.6 Å². The Hall–Kier alpha value is -4.27. The second-order valence-corrected chi connectivity index (χ2v) is 7.78. The zero-order valence-electron chi connectivity index (χ0n) is 17.3. The van der Waals surface area contributed by atoms with Gasteiger partial charge in [0.25, 0.3) is 5.91 Å². The molecule has 1 N–H and O–H groups in total. The molecule has 0 aliphatic carbocycles. The summed E-state index contributed by atoms with van der Waals surface area (Å²) >= 11 is 0. The average molecular weight is 426 g/mol. The number of aryl methyl sites for hydroxylation is 2. The van der Waals surface area contributed by atoms with Gasteiger partial charge in [0, 0.05) is 36.3 Å². The lowest BCUT2D eigenvalue weighted by Crippen LogP contribution is -2.44. The Kier molecular flexibility index (Phi) is 3.97. The molecule has 2 aliphatic heterocycles. The van der Waals surface area contributed by atoms with E-state index in [2.05, 4.69) is 25.6 Å². The molecule has 32 heavy (non-hydrogen) atoms. The summed E-state index contributed by atoms with van der Waals surface area (Å²) in [6.45, 7) is 3.45. The fraction of sp³-hybridized carbons (Fsp3) is 0.174. The molecule has 2 aromatic carbocycles. The van der Waals surface area contributed by atoms with Crippen molar-refractivity contribution in [1.29, 1.82) is 0 Å². The van der Waals surface area contributed by atoms with Crippen molar-refractivity contribution in [2.24, 2.45) is 0 Å².